The lowest BCUT2D eigenvalue weighted by Crippen LogP contribution is -2.51. The van der Waals surface area contributed by atoms with Gasteiger partial charge in [-0.1, -0.05) is 55.8 Å². The van der Waals surface area contributed by atoms with Crippen molar-refractivity contribution in [3.05, 3.63) is 71.3 Å². The number of benzene rings is 2. The zero-order chi connectivity index (χ0) is 28.6. The van der Waals surface area contributed by atoms with Gasteiger partial charge in [-0.2, -0.15) is 0 Å². The summed E-state index contributed by atoms with van der Waals surface area (Å²) in [5.74, 6) is 1.71. The molecule has 0 aromatic heterocycles. The summed E-state index contributed by atoms with van der Waals surface area (Å²) < 4.78 is 5.56. The molecule has 0 saturated heterocycles. The molecular weight excluding hydrogens is 514 g/mol. The Labute approximate surface area is 242 Å². The van der Waals surface area contributed by atoms with Crippen LogP contribution in [0.3, 0.4) is 0 Å². The first kappa shape index (κ1) is 27.6. The molecule has 4 aliphatic carbocycles. The number of carbonyl (C=O) groups excluding carboxylic acids is 3. The van der Waals surface area contributed by atoms with E-state index in [1.807, 2.05) is 54.6 Å². The van der Waals surface area contributed by atoms with Crippen LogP contribution in [0.15, 0.2) is 60.2 Å². The van der Waals surface area contributed by atoms with Gasteiger partial charge >= 0.3 is 12.0 Å². The van der Waals surface area contributed by atoms with Crippen molar-refractivity contribution >= 4 is 29.3 Å². The van der Waals surface area contributed by atoms with Gasteiger partial charge in [-0.05, 0) is 92.9 Å². The van der Waals surface area contributed by atoms with Crippen LogP contribution >= 0.6 is 0 Å². The summed E-state index contributed by atoms with van der Waals surface area (Å²) in [6.07, 6.45) is 8.54. The number of unbranched alkanes of at least 4 members (excludes halogenated alkanes) is 1. The number of hydrogen-bond acceptors (Lipinski definition) is 4. The number of esters is 1. The number of ether oxygens (including phenoxy) is 1. The maximum absolute atomic E-state index is 13.8. The van der Waals surface area contributed by atoms with Crippen LogP contribution in [0.4, 0.5) is 10.5 Å². The van der Waals surface area contributed by atoms with Crippen molar-refractivity contribution in [3.8, 4) is 0 Å². The number of anilines is 1. The van der Waals surface area contributed by atoms with Gasteiger partial charge in [-0.15, -0.1) is 0 Å². The van der Waals surface area contributed by atoms with Crippen molar-refractivity contribution in [1.82, 2.24) is 10.2 Å². The molecule has 0 radical (unpaired) electrons. The highest BCUT2D eigenvalue weighted by Crippen LogP contribution is 2.60. The molecule has 7 nitrogen and oxygen atoms in total. The summed E-state index contributed by atoms with van der Waals surface area (Å²) in [6, 6.07) is 16.2. The predicted octanol–water partition coefficient (Wildman–Crippen LogP) is 6.68. The zero-order valence-electron chi connectivity index (χ0n) is 24.2. The predicted molar refractivity (Wildman–Crippen MR) is 159 cm³/mol. The molecule has 3 amide bonds. The molecule has 1 atom stereocenters. The van der Waals surface area contributed by atoms with Crippen LogP contribution in [0, 0.1) is 23.2 Å². The summed E-state index contributed by atoms with van der Waals surface area (Å²) in [6.45, 7) is 4.57. The van der Waals surface area contributed by atoms with Gasteiger partial charge in [0.1, 0.15) is 0 Å². The molecular formula is C34H41N3O4. The summed E-state index contributed by atoms with van der Waals surface area (Å²) in [4.78, 5) is 42.6. The first-order valence-corrected chi connectivity index (χ1v) is 15.4. The Hall–Kier alpha value is -3.61. The third kappa shape index (κ3) is 5.27. The molecule has 2 aromatic rings. The van der Waals surface area contributed by atoms with E-state index < -0.39 is 12.0 Å². The van der Waals surface area contributed by atoms with Gasteiger partial charge in [0.15, 0.2) is 0 Å². The molecule has 5 aliphatic rings. The van der Waals surface area contributed by atoms with Crippen LogP contribution in [-0.2, 0) is 14.3 Å². The van der Waals surface area contributed by atoms with E-state index in [2.05, 4.69) is 17.6 Å². The Morgan fingerprint density at radius 2 is 1.66 bits per heavy atom. The fraction of sp³-hybridized carbons (Fsp3) is 0.500. The van der Waals surface area contributed by atoms with Gasteiger partial charge in [-0.25, -0.2) is 9.59 Å². The second-order valence-electron chi connectivity index (χ2n) is 12.5. The van der Waals surface area contributed by atoms with Crippen molar-refractivity contribution in [1.29, 1.82) is 0 Å². The standard InChI is InChI=1S/C34H41N3O4/c1-3-5-14-37-30(25-10-7-6-8-11-25)28(31(38)41-4-2)29(36-33(37)40)26-12-9-13-27(18-26)35-32(39)34-19-22-15-23(20-34)17-24(16-22)21-34/h6-13,18,22-24,29H,3-5,14-17,19-21H2,1-2H3,(H,35,39)(H,36,40). The third-order valence-electron chi connectivity index (χ3n) is 9.60. The van der Waals surface area contributed by atoms with Gasteiger partial charge in [0.05, 0.1) is 29.3 Å². The van der Waals surface area contributed by atoms with Crippen molar-refractivity contribution in [2.75, 3.05) is 18.5 Å². The van der Waals surface area contributed by atoms with Crippen molar-refractivity contribution in [2.24, 2.45) is 23.2 Å². The molecule has 0 spiro atoms. The number of amides is 3. The highest BCUT2D eigenvalue weighted by Gasteiger charge is 2.54. The number of nitrogens with one attached hydrogen (secondary N) is 2. The minimum absolute atomic E-state index is 0.123. The number of hydrogen-bond donors (Lipinski definition) is 2. The van der Waals surface area contributed by atoms with E-state index in [1.54, 1.807) is 11.8 Å². The first-order valence-electron chi connectivity index (χ1n) is 15.4. The van der Waals surface area contributed by atoms with Crippen LogP contribution in [0.5, 0.6) is 0 Å². The lowest BCUT2D eigenvalue weighted by Gasteiger charge is -2.55. The molecule has 1 unspecified atom stereocenters. The second kappa shape index (κ2) is 11.3. The van der Waals surface area contributed by atoms with E-state index in [0.29, 0.717) is 41.3 Å². The van der Waals surface area contributed by atoms with Crippen LogP contribution in [0.2, 0.25) is 0 Å². The molecule has 1 heterocycles. The number of rotatable bonds is 9. The van der Waals surface area contributed by atoms with Gasteiger partial charge in [-0.3, -0.25) is 9.69 Å². The average Bonchev–Trinajstić information content (AvgIpc) is 2.96. The lowest BCUT2D eigenvalue weighted by atomic mass is 9.49. The molecule has 2 aromatic carbocycles. The second-order valence-corrected chi connectivity index (χ2v) is 12.5. The molecule has 4 saturated carbocycles. The summed E-state index contributed by atoms with van der Waals surface area (Å²) >= 11 is 0. The SMILES string of the molecule is CCCCN1C(=O)NC(c2cccc(NC(=O)C34CC5CC(CC(C5)C3)C4)c2)C(C(=O)OCC)=C1c1ccccc1. The van der Waals surface area contributed by atoms with Gasteiger partial charge in [0.2, 0.25) is 5.91 Å². The van der Waals surface area contributed by atoms with E-state index in [0.717, 1.165) is 43.2 Å². The Kier molecular flexibility index (Phi) is 7.62. The number of carbonyl (C=O) groups is 3. The van der Waals surface area contributed by atoms with Gasteiger partial charge in [0, 0.05) is 12.2 Å². The fourth-order valence-electron chi connectivity index (χ4n) is 8.22. The molecule has 41 heavy (non-hydrogen) atoms. The summed E-state index contributed by atoms with van der Waals surface area (Å²) in [7, 11) is 0. The van der Waals surface area contributed by atoms with E-state index in [-0.39, 0.29) is 24.0 Å². The molecule has 216 valence electrons. The largest absolute Gasteiger partial charge is 0.463 e. The van der Waals surface area contributed by atoms with Crippen LogP contribution in [-0.4, -0.2) is 36.0 Å². The average molecular weight is 556 g/mol. The van der Waals surface area contributed by atoms with E-state index in [9.17, 15) is 14.4 Å². The van der Waals surface area contributed by atoms with Crippen LogP contribution in [0.1, 0.15) is 82.4 Å². The Bertz CT molecular complexity index is 1320. The molecule has 7 rings (SSSR count). The molecule has 4 fully saturated rings. The van der Waals surface area contributed by atoms with Crippen LogP contribution < -0.4 is 10.6 Å². The van der Waals surface area contributed by atoms with E-state index >= 15 is 0 Å². The van der Waals surface area contributed by atoms with Crippen molar-refractivity contribution in [2.45, 2.75) is 71.3 Å². The minimum atomic E-state index is -0.717. The topological polar surface area (TPSA) is 87.7 Å². The maximum atomic E-state index is 13.8. The fourth-order valence-corrected chi connectivity index (χ4v) is 8.22. The highest BCUT2D eigenvalue weighted by molar-refractivity contribution is 6.05. The number of urea groups is 1. The molecule has 7 heteroatoms. The molecule has 2 N–H and O–H groups in total. The lowest BCUT2D eigenvalue weighted by molar-refractivity contribution is -0.140. The van der Waals surface area contributed by atoms with E-state index in [4.69, 9.17) is 4.74 Å². The Morgan fingerprint density at radius 3 is 2.29 bits per heavy atom. The minimum Gasteiger partial charge on any atom is -0.463 e. The van der Waals surface area contributed by atoms with Gasteiger partial charge < -0.3 is 15.4 Å². The monoisotopic (exact) mass is 555 g/mol. The third-order valence-corrected chi connectivity index (χ3v) is 9.60. The molecule has 4 bridgehead atoms. The van der Waals surface area contributed by atoms with Crippen LogP contribution in [0.25, 0.3) is 5.70 Å². The quantitative estimate of drug-likeness (QED) is 0.338. The summed E-state index contributed by atoms with van der Waals surface area (Å²) in [5.41, 5.74) is 2.93. The number of nitrogens with zero attached hydrogens (tertiary/aromatic N) is 1. The van der Waals surface area contributed by atoms with Crippen molar-refractivity contribution in [3.63, 3.8) is 0 Å². The van der Waals surface area contributed by atoms with E-state index in [1.165, 1.54) is 19.3 Å². The normalized spacial score (nSPS) is 28.4. The van der Waals surface area contributed by atoms with Gasteiger partial charge in [0.25, 0.3) is 0 Å². The summed E-state index contributed by atoms with van der Waals surface area (Å²) in [5, 5.41) is 6.33. The van der Waals surface area contributed by atoms with Crippen molar-refractivity contribution < 1.29 is 19.1 Å². The Morgan fingerprint density at radius 1 is 0.976 bits per heavy atom. The Balaban J connectivity index is 1.35. The maximum Gasteiger partial charge on any atom is 0.338 e. The smallest absolute Gasteiger partial charge is 0.338 e. The first-order chi connectivity index (χ1) is 19.9. The molecule has 1 aliphatic heterocycles. The highest BCUT2D eigenvalue weighted by atomic mass is 16.5. The zero-order valence-corrected chi connectivity index (χ0v) is 24.2.